The van der Waals surface area contributed by atoms with Crippen LogP contribution in [0.5, 0.6) is 0 Å². The van der Waals surface area contributed by atoms with Crippen LogP contribution in [0.25, 0.3) is 0 Å². The van der Waals surface area contributed by atoms with E-state index in [1.165, 1.54) is 6.07 Å². The van der Waals surface area contributed by atoms with Crippen LogP contribution < -0.4 is 5.73 Å². The molecule has 3 nitrogen and oxygen atoms in total. The summed E-state index contributed by atoms with van der Waals surface area (Å²) in [6.07, 6.45) is 1.62. The molecule has 1 aliphatic heterocycles. The molecule has 0 unspecified atom stereocenters. The van der Waals surface area contributed by atoms with Gasteiger partial charge in [-0.3, -0.25) is 4.79 Å². The van der Waals surface area contributed by atoms with E-state index in [-0.39, 0.29) is 11.7 Å². The lowest BCUT2D eigenvalue weighted by molar-refractivity contribution is 0.0747. The number of fused-ring (bicyclic) bond motifs is 1. The zero-order valence-corrected chi connectivity index (χ0v) is 14.1. The van der Waals surface area contributed by atoms with Gasteiger partial charge >= 0.3 is 0 Å². The Morgan fingerprint density at radius 3 is 2.77 bits per heavy atom. The average molecular weight is 410 g/mol. The van der Waals surface area contributed by atoms with Crippen molar-refractivity contribution < 1.29 is 9.18 Å². The Hall–Kier alpha value is -1.63. The number of aryl methyl sites for hydroxylation is 1. The number of carbonyl (C=O) groups is 1. The van der Waals surface area contributed by atoms with Crippen molar-refractivity contribution in [2.45, 2.75) is 19.4 Å². The van der Waals surface area contributed by atoms with Gasteiger partial charge in [-0.15, -0.1) is 0 Å². The molecule has 0 radical (unpaired) electrons. The molecule has 0 saturated carbocycles. The number of amides is 1. The van der Waals surface area contributed by atoms with Crippen molar-refractivity contribution in [1.29, 1.82) is 0 Å². The number of benzene rings is 2. The van der Waals surface area contributed by atoms with Gasteiger partial charge in [0.15, 0.2) is 0 Å². The number of halogens is 2. The Morgan fingerprint density at radius 2 is 2.00 bits per heavy atom. The highest BCUT2D eigenvalue weighted by Gasteiger charge is 2.22. The summed E-state index contributed by atoms with van der Waals surface area (Å²) in [5.41, 5.74) is 9.02. The summed E-state index contributed by atoms with van der Waals surface area (Å²) in [4.78, 5) is 14.5. The second-order valence-corrected chi connectivity index (χ2v) is 6.72. The molecular formula is C17H16FIN2O. The van der Waals surface area contributed by atoms with Gasteiger partial charge in [0.1, 0.15) is 5.82 Å². The highest BCUT2D eigenvalue weighted by atomic mass is 127. The van der Waals surface area contributed by atoms with Crippen molar-refractivity contribution in [3.05, 3.63) is 62.5 Å². The zero-order chi connectivity index (χ0) is 15.7. The SMILES string of the molecule is Nc1cc(I)ccc1C(=O)N1CCCc2cc(F)ccc2C1. The van der Waals surface area contributed by atoms with Crippen molar-refractivity contribution in [3.8, 4) is 0 Å². The van der Waals surface area contributed by atoms with Gasteiger partial charge in [0.05, 0.1) is 5.56 Å². The van der Waals surface area contributed by atoms with E-state index < -0.39 is 0 Å². The molecule has 0 spiro atoms. The van der Waals surface area contributed by atoms with Crippen LogP contribution in [0.1, 0.15) is 27.9 Å². The number of hydrogen-bond acceptors (Lipinski definition) is 2. The zero-order valence-electron chi connectivity index (χ0n) is 12.0. The number of hydrogen-bond donors (Lipinski definition) is 1. The van der Waals surface area contributed by atoms with Crippen molar-refractivity contribution >= 4 is 34.2 Å². The number of nitrogens with two attached hydrogens (primary N) is 1. The summed E-state index contributed by atoms with van der Waals surface area (Å²) in [5, 5.41) is 0. The molecule has 22 heavy (non-hydrogen) atoms. The molecule has 0 aliphatic carbocycles. The van der Waals surface area contributed by atoms with Gasteiger partial charge in [-0.25, -0.2) is 4.39 Å². The normalized spacial score (nSPS) is 14.4. The molecule has 114 valence electrons. The van der Waals surface area contributed by atoms with Gasteiger partial charge in [0, 0.05) is 22.3 Å². The summed E-state index contributed by atoms with van der Waals surface area (Å²) in [7, 11) is 0. The largest absolute Gasteiger partial charge is 0.398 e. The first-order valence-electron chi connectivity index (χ1n) is 7.16. The molecule has 0 aromatic heterocycles. The Morgan fingerprint density at radius 1 is 1.18 bits per heavy atom. The fraction of sp³-hybridized carbons (Fsp3) is 0.235. The third kappa shape index (κ3) is 3.09. The minimum absolute atomic E-state index is 0.0638. The van der Waals surface area contributed by atoms with E-state index in [9.17, 15) is 9.18 Å². The minimum Gasteiger partial charge on any atom is -0.398 e. The van der Waals surface area contributed by atoms with Crippen LogP contribution >= 0.6 is 22.6 Å². The third-order valence-electron chi connectivity index (χ3n) is 3.93. The van der Waals surface area contributed by atoms with Gasteiger partial charge in [0.25, 0.3) is 5.91 Å². The molecule has 0 atom stereocenters. The summed E-state index contributed by atoms with van der Waals surface area (Å²) in [5.74, 6) is -0.286. The lowest BCUT2D eigenvalue weighted by Gasteiger charge is -2.22. The number of nitrogens with zero attached hydrogens (tertiary/aromatic N) is 1. The number of anilines is 1. The van der Waals surface area contributed by atoms with E-state index in [4.69, 9.17) is 5.73 Å². The van der Waals surface area contributed by atoms with E-state index >= 15 is 0 Å². The van der Waals surface area contributed by atoms with Gasteiger partial charge in [-0.2, -0.15) is 0 Å². The number of nitrogen functional groups attached to an aromatic ring is 1. The molecule has 0 fully saturated rings. The molecule has 0 bridgehead atoms. The molecule has 0 saturated heterocycles. The minimum atomic E-state index is -0.222. The monoisotopic (exact) mass is 410 g/mol. The summed E-state index contributed by atoms with van der Waals surface area (Å²) >= 11 is 2.17. The van der Waals surface area contributed by atoms with E-state index in [1.807, 2.05) is 6.07 Å². The van der Waals surface area contributed by atoms with Crippen molar-refractivity contribution in [2.75, 3.05) is 12.3 Å². The van der Waals surface area contributed by atoms with Crippen molar-refractivity contribution in [3.63, 3.8) is 0 Å². The van der Waals surface area contributed by atoms with Crippen molar-refractivity contribution in [2.24, 2.45) is 0 Å². The van der Waals surface area contributed by atoms with E-state index in [0.717, 1.165) is 27.5 Å². The predicted molar refractivity (Wildman–Crippen MR) is 93.0 cm³/mol. The highest BCUT2D eigenvalue weighted by Crippen LogP contribution is 2.23. The lowest BCUT2D eigenvalue weighted by atomic mass is 10.0. The molecule has 2 N–H and O–H groups in total. The first-order chi connectivity index (χ1) is 10.5. The molecule has 3 rings (SSSR count). The second-order valence-electron chi connectivity index (χ2n) is 5.47. The first-order valence-corrected chi connectivity index (χ1v) is 8.24. The molecule has 1 aliphatic rings. The first kappa shape index (κ1) is 15.3. The molecule has 1 amide bonds. The predicted octanol–water partition coefficient (Wildman–Crippen LogP) is 3.60. The maximum atomic E-state index is 13.3. The van der Waals surface area contributed by atoms with Gasteiger partial charge < -0.3 is 10.6 Å². The van der Waals surface area contributed by atoms with Crippen LogP contribution in [0.3, 0.4) is 0 Å². The van der Waals surface area contributed by atoms with Crippen LogP contribution in [0, 0.1) is 9.39 Å². The molecule has 5 heteroatoms. The smallest absolute Gasteiger partial charge is 0.256 e. The Labute approximate surface area is 142 Å². The van der Waals surface area contributed by atoms with E-state index in [2.05, 4.69) is 22.6 Å². The summed E-state index contributed by atoms with van der Waals surface area (Å²) in [6.45, 7) is 1.15. The molecule has 1 heterocycles. The van der Waals surface area contributed by atoms with E-state index in [0.29, 0.717) is 24.3 Å². The number of carbonyl (C=O) groups excluding carboxylic acids is 1. The van der Waals surface area contributed by atoms with Gasteiger partial charge in [-0.1, -0.05) is 6.07 Å². The van der Waals surface area contributed by atoms with Crippen LogP contribution in [0.2, 0.25) is 0 Å². The highest BCUT2D eigenvalue weighted by molar-refractivity contribution is 14.1. The maximum Gasteiger partial charge on any atom is 0.256 e. The molecular weight excluding hydrogens is 394 g/mol. The lowest BCUT2D eigenvalue weighted by Crippen LogP contribution is -2.31. The molecule has 2 aromatic rings. The fourth-order valence-corrected chi connectivity index (χ4v) is 3.31. The standard InChI is InChI=1S/C17H16FIN2O/c18-13-4-3-12-10-21(7-1-2-11(12)8-13)17(22)15-6-5-14(19)9-16(15)20/h3-6,8-9H,1-2,7,10,20H2. The van der Waals surface area contributed by atoms with Gasteiger partial charge in [0.2, 0.25) is 0 Å². The van der Waals surface area contributed by atoms with Crippen LogP contribution in [0.15, 0.2) is 36.4 Å². The quantitative estimate of drug-likeness (QED) is 0.577. The third-order valence-corrected chi connectivity index (χ3v) is 4.61. The van der Waals surface area contributed by atoms with E-state index in [1.54, 1.807) is 29.2 Å². The van der Waals surface area contributed by atoms with Crippen LogP contribution in [-0.4, -0.2) is 17.4 Å². The second kappa shape index (κ2) is 6.24. The van der Waals surface area contributed by atoms with Crippen LogP contribution in [0.4, 0.5) is 10.1 Å². The summed E-state index contributed by atoms with van der Waals surface area (Å²) < 4.78 is 14.3. The Balaban J connectivity index is 1.88. The summed E-state index contributed by atoms with van der Waals surface area (Å²) in [6, 6.07) is 10.2. The molecule has 2 aromatic carbocycles. The van der Waals surface area contributed by atoms with Gasteiger partial charge in [-0.05, 0) is 76.9 Å². The fourth-order valence-electron chi connectivity index (χ4n) is 2.80. The maximum absolute atomic E-state index is 13.3. The van der Waals surface area contributed by atoms with Crippen LogP contribution in [-0.2, 0) is 13.0 Å². The van der Waals surface area contributed by atoms with Crippen molar-refractivity contribution in [1.82, 2.24) is 4.90 Å². The number of rotatable bonds is 1. The topological polar surface area (TPSA) is 46.3 Å². The Bertz CT molecular complexity index is 733. The Kier molecular flexibility index (Phi) is 4.33. The average Bonchev–Trinajstić information content (AvgIpc) is 2.68.